The average molecular weight is 405 g/mol. The number of methoxy groups -OCH3 is 1. The van der Waals surface area contributed by atoms with Gasteiger partial charge in [-0.05, 0) is 36.8 Å². The summed E-state index contributed by atoms with van der Waals surface area (Å²) in [7, 11) is 1.50. The molecular formula is C19H20FN3O6. The van der Waals surface area contributed by atoms with Gasteiger partial charge in [-0.3, -0.25) is 14.9 Å². The van der Waals surface area contributed by atoms with Crippen LogP contribution in [0.25, 0.3) is 0 Å². The maximum Gasteiger partial charge on any atom is 0.338 e. The molecule has 0 fully saturated rings. The summed E-state index contributed by atoms with van der Waals surface area (Å²) in [6, 6.07) is 7.94. The Balaban J connectivity index is 1.98. The molecule has 0 aliphatic carbocycles. The fourth-order valence-electron chi connectivity index (χ4n) is 2.33. The fourth-order valence-corrected chi connectivity index (χ4v) is 2.33. The van der Waals surface area contributed by atoms with Gasteiger partial charge >= 0.3 is 5.97 Å². The van der Waals surface area contributed by atoms with E-state index in [-0.39, 0.29) is 22.6 Å². The van der Waals surface area contributed by atoms with E-state index >= 15 is 0 Å². The first-order valence-corrected chi connectivity index (χ1v) is 8.56. The number of hydrogen-bond acceptors (Lipinski definition) is 7. The largest absolute Gasteiger partial charge is 0.452 e. The first kappa shape index (κ1) is 21.8. The molecule has 29 heavy (non-hydrogen) atoms. The van der Waals surface area contributed by atoms with Crippen LogP contribution in [0.4, 0.5) is 21.5 Å². The Kier molecular flexibility index (Phi) is 7.61. The minimum atomic E-state index is -0.901. The minimum absolute atomic E-state index is 0.0804. The predicted molar refractivity (Wildman–Crippen MR) is 104 cm³/mol. The third kappa shape index (κ3) is 6.25. The van der Waals surface area contributed by atoms with Crippen LogP contribution in [0, 0.1) is 22.9 Å². The zero-order valence-corrected chi connectivity index (χ0v) is 15.9. The number of aryl methyl sites for hydroxylation is 1. The Labute approximate surface area is 166 Å². The third-order valence-corrected chi connectivity index (χ3v) is 3.84. The molecule has 0 saturated heterocycles. The molecule has 2 N–H and O–H groups in total. The zero-order chi connectivity index (χ0) is 21.4. The molecule has 10 heteroatoms. The topological polar surface area (TPSA) is 120 Å². The van der Waals surface area contributed by atoms with Gasteiger partial charge in [-0.1, -0.05) is 6.07 Å². The Morgan fingerprint density at radius 3 is 2.62 bits per heavy atom. The van der Waals surface area contributed by atoms with Crippen LogP contribution < -0.4 is 10.6 Å². The first-order chi connectivity index (χ1) is 13.8. The number of hydrogen-bond donors (Lipinski definition) is 2. The summed E-state index contributed by atoms with van der Waals surface area (Å²) in [6.45, 7) is 1.65. The second-order valence-electron chi connectivity index (χ2n) is 6.00. The van der Waals surface area contributed by atoms with Gasteiger partial charge in [0.1, 0.15) is 11.5 Å². The van der Waals surface area contributed by atoms with E-state index in [0.29, 0.717) is 18.7 Å². The Morgan fingerprint density at radius 2 is 1.97 bits per heavy atom. The lowest BCUT2D eigenvalue weighted by Gasteiger charge is -2.09. The monoisotopic (exact) mass is 405 g/mol. The summed E-state index contributed by atoms with van der Waals surface area (Å²) in [5.41, 5.74) is 0.480. The van der Waals surface area contributed by atoms with E-state index < -0.39 is 29.2 Å². The van der Waals surface area contributed by atoms with Crippen molar-refractivity contribution < 1.29 is 28.4 Å². The SMILES string of the molecule is COCCNc1ccc(C(=O)OCC(=O)Nc2ccc(C)c(F)c2)cc1[N+](=O)[O-]. The predicted octanol–water partition coefficient (Wildman–Crippen LogP) is 2.90. The lowest BCUT2D eigenvalue weighted by atomic mass is 10.1. The van der Waals surface area contributed by atoms with Crippen molar-refractivity contribution in [3.05, 3.63) is 63.5 Å². The highest BCUT2D eigenvalue weighted by molar-refractivity contribution is 5.96. The molecule has 9 nitrogen and oxygen atoms in total. The molecule has 2 aromatic carbocycles. The molecule has 0 bridgehead atoms. The number of carbonyl (C=O) groups is 2. The van der Waals surface area contributed by atoms with Gasteiger partial charge in [0.15, 0.2) is 6.61 Å². The summed E-state index contributed by atoms with van der Waals surface area (Å²) in [5, 5.41) is 16.5. The van der Waals surface area contributed by atoms with Crippen molar-refractivity contribution in [3.8, 4) is 0 Å². The van der Waals surface area contributed by atoms with E-state index in [2.05, 4.69) is 10.6 Å². The Morgan fingerprint density at radius 1 is 1.21 bits per heavy atom. The molecule has 0 aliphatic rings. The molecular weight excluding hydrogens is 385 g/mol. The van der Waals surface area contributed by atoms with Crippen molar-refractivity contribution in [1.29, 1.82) is 0 Å². The molecule has 1 amide bonds. The molecule has 0 atom stereocenters. The maximum atomic E-state index is 13.5. The molecule has 2 aromatic rings. The number of esters is 1. The van der Waals surface area contributed by atoms with Crippen molar-refractivity contribution in [2.75, 3.05) is 37.5 Å². The zero-order valence-electron chi connectivity index (χ0n) is 15.9. The van der Waals surface area contributed by atoms with E-state index in [4.69, 9.17) is 9.47 Å². The minimum Gasteiger partial charge on any atom is -0.452 e. The summed E-state index contributed by atoms with van der Waals surface area (Å²) in [6.07, 6.45) is 0. The number of nitro benzene ring substituents is 1. The number of halogens is 1. The van der Waals surface area contributed by atoms with Crippen molar-refractivity contribution in [2.24, 2.45) is 0 Å². The quantitative estimate of drug-likeness (QED) is 0.285. The molecule has 0 saturated carbocycles. The smallest absolute Gasteiger partial charge is 0.338 e. The summed E-state index contributed by atoms with van der Waals surface area (Å²) in [4.78, 5) is 34.6. The van der Waals surface area contributed by atoms with Gasteiger partial charge in [0.25, 0.3) is 11.6 Å². The standard InChI is InChI=1S/C19H20FN3O6/c1-12-3-5-14(10-15(12)20)22-18(24)11-29-19(25)13-4-6-16(21-7-8-28-2)17(9-13)23(26)27/h3-6,9-10,21H,7-8,11H2,1-2H3,(H,22,24). The van der Waals surface area contributed by atoms with Crippen LogP contribution in [0.2, 0.25) is 0 Å². The van der Waals surface area contributed by atoms with Crippen LogP contribution in [0.3, 0.4) is 0 Å². The highest BCUT2D eigenvalue weighted by Crippen LogP contribution is 2.25. The number of anilines is 2. The maximum absolute atomic E-state index is 13.5. The third-order valence-electron chi connectivity index (χ3n) is 3.84. The molecule has 2 rings (SSSR count). The molecule has 0 aliphatic heterocycles. The second-order valence-corrected chi connectivity index (χ2v) is 6.00. The molecule has 0 heterocycles. The second kappa shape index (κ2) is 10.1. The van der Waals surface area contributed by atoms with E-state index in [0.717, 1.165) is 12.1 Å². The van der Waals surface area contributed by atoms with Gasteiger partial charge < -0.3 is 20.1 Å². The van der Waals surface area contributed by atoms with Gasteiger partial charge in [0, 0.05) is 25.4 Å². The van der Waals surface area contributed by atoms with E-state index in [1.165, 1.54) is 31.4 Å². The van der Waals surface area contributed by atoms with E-state index in [9.17, 15) is 24.1 Å². The van der Waals surface area contributed by atoms with Gasteiger partial charge in [-0.25, -0.2) is 9.18 Å². The normalized spacial score (nSPS) is 10.3. The number of benzene rings is 2. The number of nitro groups is 1. The number of amides is 1. The van der Waals surface area contributed by atoms with Crippen LogP contribution in [0.5, 0.6) is 0 Å². The van der Waals surface area contributed by atoms with Crippen molar-refractivity contribution in [1.82, 2.24) is 0 Å². The number of rotatable bonds is 9. The fraction of sp³-hybridized carbons (Fsp3) is 0.263. The van der Waals surface area contributed by atoms with Gasteiger partial charge in [-0.15, -0.1) is 0 Å². The van der Waals surface area contributed by atoms with Crippen molar-refractivity contribution >= 4 is 28.9 Å². The lowest BCUT2D eigenvalue weighted by Crippen LogP contribution is -2.21. The Hall–Kier alpha value is -3.53. The molecule has 0 unspecified atom stereocenters. The van der Waals surface area contributed by atoms with Gasteiger partial charge in [0.2, 0.25) is 0 Å². The van der Waals surface area contributed by atoms with Crippen LogP contribution in [0.15, 0.2) is 36.4 Å². The van der Waals surface area contributed by atoms with Crippen molar-refractivity contribution in [3.63, 3.8) is 0 Å². The van der Waals surface area contributed by atoms with Crippen molar-refractivity contribution in [2.45, 2.75) is 6.92 Å². The van der Waals surface area contributed by atoms with Crippen LogP contribution in [-0.4, -0.2) is 43.7 Å². The highest BCUT2D eigenvalue weighted by Gasteiger charge is 2.19. The molecule has 0 radical (unpaired) electrons. The van der Waals surface area contributed by atoms with E-state index in [1.54, 1.807) is 6.92 Å². The lowest BCUT2D eigenvalue weighted by molar-refractivity contribution is -0.384. The van der Waals surface area contributed by atoms with Crippen LogP contribution >= 0.6 is 0 Å². The molecule has 0 spiro atoms. The first-order valence-electron chi connectivity index (χ1n) is 8.56. The summed E-state index contributed by atoms with van der Waals surface area (Å²) >= 11 is 0. The number of nitrogens with zero attached hydrogens (tertiary/aromatic N) is 1. The molecule has 0 aromatic heterocycles. The number of ether oxygens (including phenoxy) is 2. The highest BCUT2D eigenvalue weighted by atomic mass is 19.1. The average Bonchev–Trinajstić information content (AvgIpc) is 2.69. The summed E-state index contributed by atoms with van der Waals surface area (Å²) in [5.74, 6) is -2.05. The van der Waals surface area contributed by atoms with Gasteiger partial charge in [-0.2, -0.15) is 0 Å². The number of carbonyl (C=O) groups excluding carboxylic acids is 2. The van der Waals surface area contributed by atoms with Gasteiger partial charge in [0.05, 0.1) is 17.1 Å². The number of nitrogens with one attached hydrogen (secondary N) is 2. The Bertz CT molecular complexity index is 919. The summed E-state index contributed by atoms with van der Waals surface area (Å²) < 4.78 is 23.2. The van der Waals surface area contributed by atoms with E-state index in [1.807, 2.05) is 0 Å². The molecule has 154 valence electrons. The van der Waals surface area contributed by atoms with Crippen LogP contribution in [0.1, 0.15) is 15.9 Å². The van der Waals surface area contributed by atoms with Crippen LogP contribution in [-0.2, 0) is 14.3 Å².